The molecule has 146 valence electrons. The van der Waals surface area contributed by atoms with Crippen molar-refractivity contribution in [2.24, 2.45) is 0 Å². The Morgan fingerprint density at radius 3 is 2.61 bits per heavy atom. The van der Waals surface area contributed by atoms with Gasteiger partial charge in [-0.05, 0) is 50.5 Å². The van der Waals surface area contributed by atoms with Crippen LogP contribution in [0.2, 0.25) is 0 Å². The van der Waals surface area contributed by atoms with Crippen LogP contribution in [0.15, 0.2) is 35.1 Å². The molecular weight excluding hydrogens is 352 g/mol. The molecule has 0 radical (unpaired) electrons. The number of nitrogens with one attached hydrogen (secondary N) is 2. The van der Waals surface area contributed by atoms with E-state index in [9.17, 15) is 9.59 Å². The summed E-state index contributed by atoms with van der Waals surface area (Å²) in [5, 5.41) is 3.39. The minimum absolute atomic E-state index is 0.00356. The summed E-state index contributed by atoms with van der Waals surface area (Å²) in [6.45, 7) is 1.50. The van der Waals surface area contributed by atoms with Gasteiger partial charge in [0.05, 0.1) is 11.1 Å². The van der Waals surface area contributed by atoms with Crippen LogP contribution in [0.5, 0.6) is 0 Å². The van der Waals surface area contributed by atoms with Crippen LogP contribution in [0.25, 0.3) is 0 Å². The van der Waals surface area contributed by atoms with Gasteiger partial charge in [0.1, 0.15) is 0 Å². The monoisotopic (exact) mass is 378 g/mol. The first-order valence-electron chi connectivity index (χ1n) is 10.4. The number of nitrogens with zero attached hydrogens (tertiary/aromatic N) is 2. The van der Waals surface area contributed by atoms with E-state index < -0.39 is 0 Å². The third-order valence-corrected chi connectivity index (χ3v) is 6.55. The summed E-state index contributed by atoms with van der Waals surface area (Å²) >= 11 is 0. The van der Waals surface area contributed by atoms with Gasteiger partial charge in [0.2, 0.25) is 11.9 Å². The lowest BCUT2D eigenvalue weighted by Crippen LogP contribution is -2.46. The van der Waals surface area contributed by atoms with Crippen molar-refractivity contribution in [3.63, 3.8) is 0 Å². The van der Waals surface area contributed by atoms with Crippen molar-refractivity contribution in [2.45, 2.75) is 56.4 Å². The van der Waals surface area contributed by atoms with E-state index in [4.69, 9.17) is 0 Å². The van der Waals surface area contributed by atoms with Crippen molar-refractivity contribution >= 4 is 11.9 Å². The Balaban J connectivity index is 1.22. The fourth-order valence-electron chi connectivity index (χ4n) is 4.74. The van der Waals surface area contributed by atoms with Crippen molar-refractivity contribution in [3.05, 3.63) is 57.5 Å². The number of aromatic nitrogens is 2. The summed E-state index contributed by atoms with van der Waals surface area (Å²) in [7, 11) is 0. The molecule has 0 spiro atoms. The molecule has 1 saturated heterocycles. The Kier molecular flexibility index (Phi) is 4.22. The minimum atomic E-state index is -0.283. The van der Waals surface area contributed by atoms with Crippen molar-refractivity contribution in [3.8, 4) is 0 Å². The largest absolute Gasteiger partial charge is 0.353 e. The van der Waals surface area contributed by atoms with E-state index in [0.29, 0.717) is 5.95 Å². The van der Waals surface area contributed by atoms with Gasteiger partial charge < -0.3 is 10.2 Å². The molecule has 1 amide bonds. The van der Waals surface area contributed by atoms with Gasteiger partial charge in [-0.25, -0.2) is 4.98 Å². The van der Waals surface area contributed by atoms with Gasteiger partial charge in [0, 0.05) is 24.7 Å². The van der Waals surface area contributed by atoms with E-state index in [0.717, 1.165) is 74.9 Å². The molecule has 2 aliphatic carbocycles. The molecule has 3 aliphatic rings. The normalized spacial score (nSPS) is 20.6. The Labute approximate surface area is 164 Å². The van der Waals surface area contributed by atoms with Gasteiger partial charge in [-0.15, -0.1) is 0 Å². The van der Waals surface area contributed by atoms with Crippen LogP contribution in [-0.2, 0) is 23.1 Å². The molecule has 6 nitrogen and oxygen atoms in total. The Bertz CT molecular complexity index is 941. The van der Waals surface area contributed by atoms with Crippen molar-refractivity contribution in [2.75, 3.05) is 18.4 Å². The van der Waals surface area contributed by atoms with Crippen LogP contribution >= 0.6 is 0 Å². The molecule has 0 unspecified atom stereocenters. The molecule has 1 saturated carbocycles. The summed E-state index contributed by atoms with van der Waals surface area (Å²) in [6, 6.07) is 10.4. The smallest absolute Gasteiger partial charge is 0.255 e. The zero-order chi connectivity index (χ0) is 19.1. The van der Waals surface area contributed by atoms with E-state index in [1.165, 1.54) is 0 Å². The van der Waals surface area contributed by atoms with E-state index in [1.807, 2.05) is 23.1 Å². The molecule has 2 aromatic rings. The third-order valence-electron chi connectivity index (χ3n) is 6.55. The van der Waals surface area contributed by atoms with Crippen LogP contribution in [-0.4, -0.2) is 39.9 Å². The number of hydrogen-bond acceptors (Lipinski definition) is 4. The quantitative estimate of drug-likeness (QED) is 0.856. The first kappa shape index (κ1) is 17.5. The minimum Gasteiger partial charge on any atom is -0.353 e. The van der Waals surface area contributed by atoms with Gasteiger partial charge >= 0.3 is 0 Å². The lowest BCUT2D eigenvalue weighted by Gasteiger charge is -2.35. The number of H-pyrrole nitrogens is 1. The summed E-state index contributed by atoms with van der Waals surface area (Å²) in [5.41, 5.74) is 2.66. The molecule has 1 aliphatic heterocycles. The first-order chi connectivity index (χ1) is 13.7. The Morgan fingerprint density at radius 2 is 1.89 bits per heavy atom. The molecule has 28 heavy (non-hydrogen) atoms. The molecule has 1 aromatic heterocycles. The summed E-state index contributed by atoms with van der Waals surface area (Å²) in [6.07, 6.45) is 6.39. The average molecular weight is 378 g/mol. The molecule has 2 fully saturated rings. The molecule has 2 N–H and O–H groups in total. The number of amides is 1. The number of fused-ring (bicyclic) bond motifs is 1. The van der Waals surface area contributed by atoms with Crippen LogP contribution in [0.4, 0.5) is 5.95 Å². The van der Waals surface area contributed by atoms with E-state index in [1.54, 1.807) is 0 Å². The molecule has 0 atom stereocenters. The van der Waals surface area contributed by atoms with E-state index in [2.05, 4.69) is 27.4 Å². The highest BCUT2D eigenvalue weighted by Crippen LogP contribution is 2.49. The van der Waals surface area contributed by atoms with Crippen molar-refractivity contribution in [1.29, 1.82) is 0 Å². The maximum absolute atomic E-state index is 13.2. The number of anilines is 1. The van der Waals surface area contributed by atoms with Crippen LogP contribution in [0.1, 0.15) is 48.9 Å². The van der Waals surface area contributed by atoms with Gasteiger partial charge in [0.25, 0.3) is 5.56 Å². The highest BCUT2D eigenvalue weighted by atomic mass is 16.2. The topological polar surface area (TPSA) is 78.1 Å². The summed E-state index contributed by atoms with van der Waals surface area (Å²) < 4.78 is 0. The van der Waals surface area contributed by atoms with Gasteiger partial charge in [0.15, 0.2) is 0 Å². The number of hydrogen-bond donors (Lipinski definition) is 2. The lowest BCUT2D eigenvalue weighted by atomic mass is 9.93. The molecule has 1 aromatic carbocycles. The van der Waals surface area contributed by atoms with Gasteiger partial charge in [-0.3, -0.25) is 14.6 Å². The molecule has 0 bridgehead atoms. The maximum Gasteiger partial charge on any atom is 0.255 e. The number of likely N-dealkylation sites (tertiary alicyclic amines) is 1. The molecular formula is C22H26N4O2. The number of benzene rings is 1. The van der Waals surface area contributed by atoms with Crippen molar-refractivity contribution < 1.29 is 4.79 Å². The van der Waals surface area contributed by atoms with Crippen LogP contribution in [0, 0.1) is 0 Å². The standard InChI is InChI=1S/C22H26N4O2/c27-19-17-7-4-8-18(17)24-21(25-19)23-16-9-13-26(14-10-16)20(28)22(11-12-22)15-5-2-1-3-6-15/h1-3,5-6,16H,4,7-14H2,(H2,23,24,25,27). The summed E-state index contributed by atoms with van der Waals surface area (Å²) in [4.78, 5) is 34.9. The number of carbonyl (C=O) groups excluding carboxylic acids is 1. The fourth-order valence-corrected chi connectivity index (χ4v) is 4.74. The highest BCUT2D eigenvalue weighted by molar-refractivity contribution is 5.91. The van der Waals surface area contributed by atoms with Crippen LogP contribution in [0.3, 0.4) is 0 Å². The first-order valence-corrected chi connectivity index (χ1v) is 10.4. The number of piperidine rings is 1. The maximum atomic E-state index is 13.2. The van der Waals surface area contributed by atoms with Crippen molar-refractivity contribution in [1.82, 2.24) is 14.9 Å². The van der Waals surface area contributed by atoms with Gasteiger partial charge in [-0.2, -0.15) is 0 Å². The zero-order valence-electron chi connectivity index (χ0n) is 16.0. The van der Waals surface area contributed by atoms with E-state index in [-0.39, 0.29) is 22.9 Å². The number of aryl methyl sites for hydroxylation is 1. The lowest BCUT2D eigenvalue weighted by molar-refractivity contribution is -0.134. The Morgan fingerprint density at radius 1 is 1.14 bits per heavy atom. The predicted molar refractivity (Wildman–Crippen MR) is 107 cm³/mol. The fraction of sp³-hybridized carbons (Fsp3) is 0.500. The average Bonchev–Trinajstić information content (AvgIpc) is 3.40. The third kappa shape index (κ3) is 3.01. The zero-order valence-corrected chi connectivity index (χ0v) is 16.0. The second kappa shape index (κ2) is 6.76. The van der Waals surface area contributed by atoms with E-state index >= 15 is 0 Å². The number of rotatable bonds is 4. The second-order valence-electron chi connectivity index (χ2n) is 8.35. The molecule has 5 rings (SSSR count). The SMILES string of the molecule is O=C(N1CCC(Nc2nc3c(c(=O)[nH]2)CCC3)CC1)C1(c2ccccc2)CC1. The van der Waals surface area contributed by atoms with Crippen LogP contribution < -0.4 is 10.9 Å². The predicted octanol–water partition coefficient (Wildman–Crippen LogP) is 2.39. The Hall–Kier alpha value is -2.63. The second-order valence-corrected chi connectivity index (χ2v) is 8.35. The summed E-state index contributed by atoms with van der Waals surface area (Å²) in [5.74, 6) is 0.861. The van der Waals surface area contributed by atoms with Gasteiger partial charge in [-0.1, -0.05) is 30.3 Å². The number of aromatic amines is 1. The highest BCUT2D eigenvalue weighted by Gasteiger charge is 2.53. The molecule has 6 heteroatoms. The number of carbonyl (C=O) groups is 1. The molecule has 2 heterocycles.